The van der Waals surface area contributed by atoms with E-state index in [4.69, 9.17) is 5.73 Å². The molecule has 0 spiro atoms. The standard InChI is InChI=1S/C8H15F3N2S/c9-8(10,11)14-4-3-13-2-1-7(5-12)6-13/h7H,1-6,12H2. The maximum absolute atomic E-state index is 11.8. The molecule has 2 nitrogen and oxygen atoms in total. The summed E-state index contributed by atoms with van der Waals surface area (Å²) in [4.78, 5) is 2.05. The summed E-state index contributed by atoms with van der Waals surface area (Å²) < 4.78 is 35.4. The summed E-state index contributed by atoms with van der Waals surface area (Å²) in [6.07, 6.45) is 1.02. The zero-order chi connectivity index (χ0) is 10.6. The van der Waals surface area contributed by atoms with Gasteiger partial charge in [0.1, 0.15) is 0 Å². The Bertz CT molecular complexity index is 174. The average molecular weight is 228 g/mol. The van der Waals surface area contributed by atoms with Crippen LogP contribution in [0.5, 0.6) is 0 Å². The quantitative estimate of drug-likeness (QED) is 0.791. The molecule has 0 saturated carbocycles. The van der Waals surface area contributed by atoms with Gasteiger partial charge in [0.05, 0.1) is 0 Å². The van der Waals surface area contributed by atoms with Gasteiger partial charge in [-0.05, 0) is 37.2 Å². The normalized spacial score (nSPS) is 24.4. The Morgan fingerprint density at radius 1 is 1.43 bits per heavy atom. The number of hydrogen-bond acceptors (Lipinski definition) is 3. The Morgan fingerprint density at radius 2 is 2.14 bits per heavy atom. The van der Waals surface area contributed by atoms with Crippen molar-refractivity contribution in [1.82, 2.24) is 4.90 Å². The molecule has 1 aliphatic heterocycles. The van der Waals surface area contributed by atoms with Crippen LogP contribution in [-0.2, 0) is 0 Å². The minimum absolute atomic E-state index is 0.0563. The summed E-state index contributed by atoms with van der Waals surface area (Å²) in [6, 6.07) is 0. The van der Waals surface area contributed by atoms with E-state index in [-0.39, 0.29) is 17.5 Å². The lowest BCUT2D eigenvalue weighted by Gasteiger charge is -2.15. The first-order chi connectivity index (χ1) is 6.51. The van der Waals surface area contributed by atoms with E-state index < -0.39 is 5.51 Å². The van der Waals surface area contributed by atoms with Crippen LogP contribution in [0, 0.1) is 5.92 Å². The number of thioether (sulfide) groups is 1. The average Bonchev–Trinajstić information content (AvgIpc) is 2.50. The van der Waals surface area contributed by atoms with Gasteiger partial charge >= 0.3 is 5.51 Å². The van der Waals surface area contributed by atoms with Crippen molar-refractivity contribution in [3.05, 3.63) is 0 Å². The largest absolute Gasteiger partial charge is 0.441 e. The van der Waals surface area contributed by atoms with Gasteiger partial charge in [0, 0.05) is 18.8 Å². The van der Waals surface area contributed by atoms with E-state index in [2.05, 4.69) is 4.90 Å². The van der Waals surface area contributed by atoms with Gasteiger partial charge in [0.25, 0.3) is 0 Å². The van der Waals surface area contributed by atoms with Gasteiger partial charge in [-0.1, -0.05) is 0 Å². The summed E-state index contributed by atoms with van der Waals surface area (Å²) in [5.74, 6) is 0.603. The van der Waals surface area contributed by atoms with Gasteiger partial charge in [0.15, 0.2) is 0 Å². The Balaban J connectivity index is 2.09. The van der Waals surface area contributed by atoms with Crippen molar-refractivity contribution in [3.8, 4) is 0 Å². The summed E-state index contributed by atoms with van der Waals surface area (Å²) in [7, 11) is 0. The Kier molecular flexibility index (Phi) is 4.53. The summed E-state index contributed by atoms with van der Waals surface area (Å²) >= 11 is 0.0563. The molecule has 1 atom stereocenters. The number of rotatable bonds is 4. The van der Waals surface area contributed by atoms with Crippen LogP contribution in [0.4, 0.5) is 13.2 Å². The molecule has 1 heterocycles. The molecule has 0 aromatic carbocycles. The third-order valence-electron chi connectivity index (χ3n) is 2.38. The van der Waals surface area contributed by atoms with E-state index in [0.29, 0.717) is 19.0 Å². The fourth-order valence-corrected chi connectivity index (χ4v) is 2.18. The molecule has 0 amide bonds. The van der Waals surface area contributed by atoms with Crippen molar-refractivity contribution in [2.24, 2.45) is 11.7 Å². The molecular weight excluding hydrogens is 213 g/mol. The smallest absolute Gasteiger partial charge is 0.330 e. The lowest BCUT2D eigenvalue weighted by atomic mass is 10.1. The second kappa shape index (κ2) is 5.23. The zero-order valence-electron chi connectivity index (χ0n) is 7.89. The second-order valence-electron chi connectivity index (χ2n) is 3.49. The molecule has 1 rings (SSSR count). The van der Waals surface area contributed by atoms with Crippen molar-refractivity contribution in [2.45, 2.75) is 11.9 Å². The zero-order valence-corrected chi connectivity index (χ0v) is 8.70. The van der Waals surface area contributed by atoms with Gasteiger partial charge in [-0.15, -0.1) is 0 Å². The second-order valence-corrected chi connectivity index (χ2v) is 4.65. The van der Waals surface area contributed by atoms with Crippen molar-refractivity contribution in [2.75, 3.05) is 31.9 Å². The van der Waals surface area contributed by atoms with Gasteiger partial charge in [0.2, 0.25) is 0 Å². The van der Waals surface area contributed by atoms with Crippen LogP contribution in [0.15, 0.2) is 0 Å². The van der Waals surface area contributed by atoms with Crippen LogP contribution in [0.3, 0.4) is 0 Å². The maximum Gasteiger partial charge on any atom is 0.441 e. The SMILES string of the molecule is NCC1CCN(CCSC(F)(F)F)C1. The Hall–Kier alpha value is 0.0600. The first kappa shape index (κ1) is 12.1. The van der Waals surface area contributed by atoms with E-state index >= 15 is 0 Å². The van der Waals surface area contributed by atoms with Crippen LogP contribution >= 0.6 is 11.8 Å². The van der Waals surface area contributed by atoms with E-state index in [1.807, 2.05) is 0 Å². The number of nitrogens with zero attached hydrogens (tertiary/aromatic N) is 1. The molecule has 2 N–H and O–H groups in total. The molecule has 0 aromatic heterocycles. The minimum atomic E-state index is -4.09. The van der Waals surface area contributed by atoms with Gasteiger partial charge in [-0.25, -0.2) is 0 Å². The molecule has 6 heteroatoms. The summed E-state index contributed by atoms with van der Waals surface area (Å²) in [6.45, 7) is 2.90. The Morgan fingerprint density at radius 3 is 2.64 bits per heavy atom. The highest BCUT2D eigenvalue weighted by Gasteiger charge is 2.28. The van der Waals surface area contributed by atoms with E-state index in [1.165, 1.54) is 0 Å². The number of hydrogen-bond donors (Lipinski definition) is 1. The first-order valence-electron chi connectivity index (χ1n) is 4.64. The van der Waals surface area contributed by atoms with Crippen molar-refractivity contribution in [3.63, 3.8) is 0 Å². The number of nitrogens with two attached hydrogens (primary N) is 1. The van der Waals surface area contributed by atoms with E-state index in [1.54, 1.807) is 0 Å². The molecule has 1 saturated heterocycles. The van der Waals surface area contributed by atoms with Gasteiger partial charge in [-0.2, -0.15) is 13.2 Å². The highest BCUT2D eigenvalue weighted by Crippen LogP contribution is 2.30. The lowest BCUT2D eigenvalue weighted by Crippen LogP contribution is -2.26. The van der Waals surface area contributed by atoms with Gasteiger partial charge in [-0.3, -0.25) is 0 Å². The monoisotopic (exact) mass is 228 g/mol. The Labute approximate surface area is 86.0 Å². The van der Waals surface area contributed by atoms with Crippen molar-refractivity contribution < 1.29 is 13.2 Å². The fourth-order valence-electron chi connectivity index (χ4n) is 1.60. The molecule has 1 fully saturated rings. The molecule has 0 aromatic rings. The van der Waals surface area contributed by atoms with Crippen molar-refractivity contribution >= 4 is 11.8 Å². The first-order valence-corrected chi connectivity index (χ1v) is 5.63. The molecule has 84 valence electrons. The molecular formula is C8H15F3N2S. The molecule has 0 radical (unpaired) electrons. The van der Waals surface area contributed by atoms with Crippen LogP contribution < -0.4 is 5.73 Å². The molecule has 0 bridgehead atoms. The minimum Gasteiger partial charge on any atom is -0.330 e. The van der Waals surface area contributed by atoms with Crippen LogP contribution in [0.25, 0.3) is 0 Å². The highest BCUT2D eigenvalue weighted by molar-refractivity contribution is 8.00. The predicted molar refractivity (Wildman–Crippen MR) is 52.1 cm³/mol. The number of halogens is 3. The molecule has 1 unspecified atom stereocenters. The number of alkyl halides is 3. The van der Waals surface area contributed by atoms with Crippen LogP contribution in [0.2, 0.25) is 0 Å². The highest BCUT2D eigenvalue weighted by atomic mass is 32.2. The third kappa shape index (κ3) is 4.52. The van der Waals surface area contributed by atoms with Gasteiger partial charge < -0.3 is 10.6 Å². The van der Waals surface area contributed by atoms with Crippen LogP contribution in [-0.4, -0.2) is 42.3 Å². The predicted octanol–water partition coefficient (Wildman–Crippen LogP) is 1.52. The fraction of sp³-hybridized carbons (Fsp3) is 1.00. The third-order valence-corrected chi connectivity index (χ3v) is 3.09. The van der Waals surface area contributed by atoms with Crippen LogP contribution in [0.1, 0.15) is 6.42 Å². The molecule has 0 aliphatic carbocycles. The maximum atomic E-state index is 11.8. The topological polar surface area (TPSA) is 29.3 Å². The summed E-state index contributed by atoms with van der Waals surface area (Å²) in [5, 5.41) is 0. The lowest BCUT2D eigenvalue weighted by molar-refractivity contribution is -0.0328. The van der Waals surface area contributed by atoms with E-state index in [0.717, 1.165) is 19.5 Å². The summed E-state index contributed by atoms with van der Waals surface area (Å²) in [5.41, 5.74) is 1.39. The van der Waals surface area contributed by atoms with E-state index in [9.17, 15) is 13.2 Å². The molecule has 1 aliphatic rings. The van der Waals surface area contributed by atoms with Crippen molar-refractivity contribution in [1.29, 1.82) is 0 Å². The molecule has 14 heavy (non-hydrogen) atoms. The number of likely N-dealkylation sites (tertiary alicyclic amines) is 1.